The third-order valence-corrected chi connectivity index (χ3v) is 4.34. The highest BCUT2D eigenvalue weighted by Crippen LogP contribution is 2.26. The number of rotatable bonds is 6. The van der Waals surface area contributed by atoms with Crippen molar-refractivity contribution in [2.24, 2.45) is 5.16 Å². The molecule has 1 saturated heterocycles. The lowest BCUT2D eigenvalue weighted by molar-refractivity contribution is -0.120. The van der Waals surface area contributed by atoms with Crippen molar-refractivity contribution in [2.75, 3.05) is 24.5 Å². The van der Waals surface area contributed by atoms with Crippen LogP contribution in [0.4, 0.5) is 14.9 Å². The van der Waals surface area contributed by atoms with E-state index in [1.165, 1.54) is 30.9 Å². The first-order valence-corrected chi connectivity index (χ1v) is 8.83. The molecule has 2 heterocycles. The minimum atomic E-state index is -0.598. The van der Waals surface area contributed by atoms with Crippen molar-refractivity contribution in [3.8, 4) is 0 Å². The average Bonchev–Trinajstić information content (AvgIpc) is 3.24. The summed E-state index contributed by atoms with van der Waals surface area (Å²) in [6, 6.07) is 4.37. The Hall–Kier alpha value is -3.17. The molecule has 9 nitrogen and oxygen atoms in total. The van der Waals surface area contributed by atoms with Crippen LogP contribution < -0.4 is 15.5 Å². The number of anilines is 1. The Labute approximate surface area is 160 Å². The monoisotopic (exact) mass is 392 g/mol. The van der Waals surface area contributed by atoms with E-state index >= 15 is 0 Å². The van der Waals surface area contributed by atoms with Gasteiger partial charge in [-0.15, -0.1) is 0 Å². The van der Waals surface area contributed by atoms with Crippen LogP contribution in [0.15, 0.2) is 23.4 Å². The zero-order valence-electron chi connectivity index (χ0n) is 15.5. The molecule has 2 N–H and O–H groups in total. The number of amides is 3. The van der Waals surface area contributed by atoms with Gasteiger partial charge in [-0.2, -0.15) is 0 Å². The lowest BCUT2D eigenvalue weighted by atomic mass is 10.0. The molecular formula is C18H21FN4O5. The summed E-state index contributed by atoms with van der Waals surface area (Å²) in [5.74, 6) is -0.943. The molecule has 1 aromatic carbocycles. The minimum absolute atomic E-state index is 0.179. The van der Waals surface area contributed by atoms with Crippen molar-refractivity contribution in [3.63, 3.8) is 0 Å². The Bertz CT molecular complexity index is 828. The normalized spacial score (nSPS) is 21.0. The fraction of sp³-hybridized carbons (Fsp3) is 0.444. The summed E-state index contributed by atoms with van der Waals surface area (Å²) in [4.78, 5) is 40.5. The van der Waals surface area contributed by atoms with Gasteiger partial charge in [0.2, 0.25) is 11.8 Å². The molecule has 1 fully saturated rings. The van der Waals surface area contributed by atoms with E-state index in [9.17, 15) is 18.8 Å². The molecule has 0 aromatic heterocycles. The lowest BCUT2D eigenvalue weighted by Crippen LogP contribution is -2.33. The Morgan fingerprint density at radius 1 is 1.21 bits per heavy atom. The van der Waals surface area contributed by atoms with E-state index in [0.29, 0.717) is 17.8 Å². The molecule has 0 aliphatic carbocycles. The van der Waals surface area contributed by atoms with Gasteiger partial charge in [0.15, 0.2) is 0 Å². The van der Waals surface area contributed by atoms with Crippen LogP contribution in [0, 0.1) is 5.82 Å². The topological polar surface area (TPSA) is 109 Å². The average molecular weight is 392 g/mol. The summed E-state index contributed by atoms with van der Waals surface area (Å²) >= 11 is 0. The van der Waals surface area contributed by atoms with Gasteiger partial charge in [0.05, 0.1) is 31.0 Å². The van der Waals surface area contributed by atoms with Gasteiger partial charge >= 0.3 is 6.09 Å². The quantitative estimate of drug-likeness (QED) is 0.748. The highest BCUT2D eigenvalue weighted by Gasteiger charge is 2.33. The zero-order valence-corrected chi connectivity index (χ0v) is 15.5. The number of carbonyl (C=O) groups is 3. The smallest absolute Gasteiger partial charge is 0.414 e. The van der Waals surface area contributed by atoms with E-state index in [1.54, 1.807) is 6.07 Å². The molecule has 0 spiro atoms. The maximum atomic E-state index is 14.6. The van der Waals surface area contributed by atoms with Crippen LogP contribution in [-0.2, 0) is 19.2 Å². The molecule has 150 valence electrons. The molecule has 2 aliphatic heterocycles. The number of ether oxygens (including phenoxy) is 1. The number of cyclic esters (lactones) is 1. The van der Waals surface area contributed by atoms with E-state index < -0.39 is 18.0 Å². The van der Waals surface area contributed by atoms with E-state index in [0.717, 1.165) is 0 Å². The number of nitrogens with zero attached hydrogens (tertiary/aromatic N) is 2. The molecule has 2 atom stereocenters. The molecular weight excluding hydrogens is 371 g/mol. The number of halogens is 1. The summed E-state index contributed by atoms with van der Waals surface area (Å²) in [7, 11) is 0. The van der Waals surface area contributed by atoms with E-state index in [4.69, 9.17) is 9.57 Å². The van der Waals surface area contributed by atoms with Gasteiger partial charge in [-0.25, -0.2) is 9.18 Å². The molecule has 1 aromatic rings. The number of benzene rings is 1. The van der Waals surface area contributed by atoms with Crippen LogP contribution in [0.1, 0.15) is 25.8 Å². The van der Waals surface area contributed by atoms with Crippen LogP contribution in [0.2, 0.25) is 0 Å². The van der Waals surface area contributed by atoms with Crippen molar-refractivity contribution in [3.05, 3.63) is 29.6 Å². The first kappa shape index (κ1) is 19.6. The number of hydrogen-bond donors (Lipinski definition) is 2. The number of nitrogens with one attached hydrogen (secondary N) is 2. The molecule has 1 unspecified atom stereocenters. The maximum Gasteiger partial charge on any atom is 0.414 e. The fourth-order valence-electron chi connectivity index (χ4n) is 2.96. The Balaban J connectivity index is 1.64. The first-order valence-electron chi connectivity index (χ1n) is 8.83. The standard InChI is InChI=1S/C18H21FN4O5/c1-10(24)20-7-13-6-17(22-28-13)15-4-3-12(5-16(15)19)23-9-14(27-18(23)26)8-21-11(2)25/h3-5,13-14H,6-9H2,1-2H3,(H,20,24)(H,21,25)/t13?,14-/m0/s1. The second-order valence-corrected chi connectivity index (χ2v) is 6.62. The molecule has 0 bridgehead atoms. The summed E-state index contributed by atoms with van der Waals surface area (Å²) in [6.07, 6.45) is -1.08. The predicted octanol–water partition coefficient (Wildman–Crippen LogP) is 0.916. The number of carbonyl (C=O) groups excluding carboxylic acids is 3. The zero-order chi connectivity index (χ0) is 20.3. The van der Waals surface area contributed by atoms with E-state index in [1.807, 2.05) is 0 Å². The SMILES string of the molecule is CC(=O)NCC1CC(c2ccc(N3C[C@H](CNC(C)=O)OC3=O)cc2F)=NO1. The van der Waals surface area contributed by atoms with Crippen LogP contribution in [-0.4, -0.2) is 55.5 Å². The van der Waals surface area contributed by atoms with Gasteiger partial charge in [0.25, 0.3) is 0 Å². The van der Waals surface area contributed by atoms with Crippen LogP contribution in [0.3, 0.4) is 0 Å². The second-order valence-electron chi connectivity index (χ2n) is 6.62. The maximum absolute atomic E-state index is 14.6. The fourth-order valence-corrected chi connectivity index (χ4v) is 2.96. The van der Waals surface area contributed by atoms with Gasteiger partial charge in [0, 0.05) is 25.8 Å². The summed E-state index contributed by atoms with van der Waals surface area (Å²) in [6.45, 7) is 3.47. The first-order chi connectivity index (χ1) is 13.3. The minimum Gasteiger partial charge on any atom is -0.442 e. The third kappa shape index (κ3) is 4.56. The van der Waals surface area contributed by atoms with Gasteiger partial charge in [-0.1, -0.05) is 5.16 Å². The van der Waals surface area contributed by atoms with Crippen molar-refractivity contribution < 1.29 is 28.3 Å². The Morgan fingerprint density at radius 2 is 1.89 bits per heavy atom. The number of hydrogen-bond acceptors (Lipinski definition) is 6. The molecule has 0 saturated carbocycles. The van der Waals surface area contributed by atoms with Crippen molar-refractivity contribution in [1.82, 2.24) is 10.6 Å². The van der Waals surface area contributed by atoms with Crippen molar-refractivity contribution in [1.29, 1.82) is 0 Å². The Kier molecular flexibility index (Phi) is 5.76. The molecule has 3 rings (SSSR count). The highest BCUT2D eigenvalue weighted by molar-refractivity contribution is 6.02. The number of oxime groups is 1. The largest absolute Gasteiger partial charge is 0.442 e. The van der Waals surface area contributed by atoms with Gasteiger partial charge in [-0.05, 0) is 18.2 Å². The predicted molar refractivity (Wildman–Crippen MR) is 97.4 cm³/mol. The van der Waals surface area contributed by atoms with Crippen molar-refractivity contribution in [2.45, 2.75) is 32.5 Å². The molecule has 0 radical (unpaired) electrons. The van der Waals surface area contributed by atoms with Gasteiger partial charge in [-0.3, -0.25) is 14.5 Å². The van der Waals surface area contributed by atoms with Crippen LogP contribution in [0.5, 0.6) is 0 Å². The van der Waals surface area contributed by atoms with Crippen LogP contribution >= 0.6 is 0 Å². The molecule has 10 heteroatoms. The van der Waals surface area contributed by atoms with Gasteiger partial charge in [0.1, 0.15) is 18.0 Å². The van der Waals surface area contributed by atoms with Crippen molar-refractivity contribution >= 4 is 29.3 Å². The molecule has 2 aliphatic rings. The van der Waals surface area contributed by atoms with E-state index in [-0.39, 0.29) is 43.1 Å². The summed E-state index contributed by atoms with van der Waals surface area (Å²) in [5.41, 5.74) is 1.06. The molecule has 28 heavy (non-hydrogen) atoms. The third-order valence-electron chi connectivity index (χ3n) is 4.34. The summed E-state index contributed by atoms with van der Waals surface area (Å²) in [5, 5.41) is 9.12. The lowest BCUT2D eigenvalue weighted by Gasteiger charge is -2.14. The van der Waals surface area contributed by atoms with E-state index in [2.05, 4.69) is 15.8 Å². The Morgan fingerprint density at radius 3 is 2.54 bits per heavy atom. The molecule has 3 amide bonds. The highest BCUT2D eigenvalue weighted by atomic mass is 19.1. The van der Waals surface area contributed by atoms with Gasteiger partial charge < -0.3 is 20.2 Å². The second kappa shape index (κ2) is 8.24. The summed E-state index contributed by atoms with van der Waals surface area (Å²) < 4.78 is 19.8. The van der Waals surface area contributed by atoms with Crippen LogP contribution in [0.25, 0.3) is 0 Å².